The molecule has 6 heteroatoms. The molecule has 0 saturated carbocycles. The van der Waals surface area contributed by atoms with Crippen LogP contribution < -0.4 is 14.8 Å². The molecule has 26 heavy (non-hydrogen) atoms. The molecule has 1 aromatic heterocycles. The number of hydrogen-bond acceptors (Lipinski definition) is 5. The van der Waals surface area contributed by atoms with E-state index in [2.05, 4.69) is 10.3 Å². The molecule has 0 radical (unpaired) electrons. The highest BCUT2D eigenvalue weighted by molar-refractivity contribution is 7.14. The van der Waals surface area contributed by atoms with Crippen LogP contribution in [-0.4, -0.2) is 24.6 Å². The van der Waals surface area contributed by atoms with E-state index >= 15 is 0 Å². The fraction of sp³-hybridized carbons (Fsp3) is 0.200. The van der Waals surface area contributed by atoms with Gasteiger partial charge < -0.3 is 14.8 Å². The van der Waals surface area contributed by atoms with Crippen molar-refractivity contribution in [2.45, 2.75) is 13.3 Å². The molecule has 5 nitrogen and oxygen atoms in total. The Morgan fingerprint density at radius 2 is 1.77 bits per heavy atom. The first-order valence-corrected chi connectivity index (χ1v) is 9.17. The highest BCUT2D eigenvalue weighted by Crippen LogP contribution is 2.26. The van der Waals surface area contributed by atoms with Crippen molar-refractivity contribution in [2.24, 2.45) is 0 Å². The Kier molecular flexibility index (Phi) is 5.86. The van der Waals surface area contributed by atoms with Crippen molar-refractivity contribution in [3.05, 3.63) is 59.5 Å². The number of rotatable bonds is 7. The molecule has 1 N–H and O–H groups in total. The lowest BCUT2D eigenvalue weighted by atomic mass is 10.1. The van der Waals surface area contributed by atoms with E-state index < -0.39 is 0 Å². The van der Waals surface area contributed by atoms with Gasteiger partial charge in [-0.25, -0.2) is 4.98 Å². The normalized spacial score (nSPS) is 10.4. The standard InChI is InChI=1S/C20H20N2O3S/c1-3-25-17-8-4-14(5-9-17)12-19(23)22-20-21-18(13-26-20)15-6-10-16(24-2)11-7-15/h4-11,13H,3,12H2,1-2H3,(H,21,22,23). The van der Waals surface area contributed by atoms with Crippen LogP contribution in [0.25, 0.3) is 11.3 Å². The maximum absolute atomic E-state index is 12.2. The summed E-state index contributed by atoms with van der Waals surface area (Å²) in [6, 6.07) is 15.2. The van der Waals surface area contributed by atoms with Crippen molar-refractivity contribution in [1.82, 2.24) is 4.98 Å². The lowest BCUT2D eigenvalue weighted by Gasteiger charge is -2.05. The van der Waals surface area contributed by atoms with Gasteiger partial charge in [0.15, 0.2) is 5.13 Å². The van der Waals surface area contributed by atoms with Gasteiger partial charge in [-0.1, -0.05) is 12.1 Å². The maximum atomic E-state index is 12.2. The molecule has 0 spiro atoms. The number of nitrogens with one attached hydrogen (secondary N) is 1. The van der Waals surface area contributed by atoms with Crippen molar-refractivity contribution >= 4 is 22.4 Å². The molecule has 0 atom stereocenters. The Hall–Kier alpha value is -2.86. The molecule has 0 bridgehead atoms. The number of benzene rings is 2. The molecule has 0 aliphatic rings. The third kappa shape index (κ3) is 4.61. The average Bonchev–Trinajstić information content (AvgIpc) is 3.12. The van der Waals surface area contributed by atoms with Crippen LogP contribution in [0.2, 0.25) is 0 Å². The van der Waals surface area contributed by atoms with Crippen LogP contribution in [0.1, 0.15) is 12.5 Å². The number of anilines is 1. The maximum Gasteiger partial charge on any atom is 0.230 e. The van der Waals surface area contributed by atoms with E-state index in [1.54, 1.807) is 7.11 Å². The van der Waals surface area contributed by atoms with E-state index in [0.717, 1.165) is 28.3 Å². The Bertz CT molecular complexity index is 858. The molecule has 0 aliphatic carbocycles. The first-order valence-electron chi connectivity index (χ1n) is 8.29. The number of hydrogen-bond donors (Lipinski definition) is 1. The summed E-state index contributed by atoms with van der Waals surface area (Å²) in [4.78, 5) is 16.7. The van der Waals surface area contributed by atoms with E-state index in [0.29, 0.717) is 18.2 Å². The molecule has 1 heterocycles. The molecular formula is C20H20N2O3S. The lowest BCUT2D eigenvalue weighted by molar-refractivity contribution is -0.115. The van der Waals surface area contributed by atoms with Crippen LogP contribution >= 0.6 is 11.3 Å². The number of aromatic nitrogens is 1. The number of thiazole rings is 1. The predicted octanol–water partition coefficient (Wildman–Crippen LogP) is 4.40. The topological polar surface area (TPSA) is 60.5 Å². The smallest absolute Gasteiger partial charge is 0.230 e. The summed E-state index contributed by atoms with van der Waals surface area (Å²) >= 11 is 1.41. The summed E-state index contributed by atoms with van der Waals surface area (Å²) < 4.78 is 10.6. The van der Waals surface area contributed by atoms with E-state index in [1.807, 2.05) is 60.8 Å². The average molecular weight is 368 g/mol. The molecule has 3 aromatic rings. The first kappa shape index (κ1) is 17.9. The second-order valence-corrected chi connectivity index (χ2v) is 6.43. The minimum Gasteiger partial charge on any atom is -0.497 e. The van der Waals surface area contributed by atoms with Gasteiger partial charge >= 0.3 is 0 Å². The number of methoxy groups -OCH3 is 1. The summed E-state index contributed by atoms with van der Waals surface area (Å²) in [5.41, 5.74) is 2.74. The molecule has 0 unspecified atom stereocenters. The van der Waals surface area contributed by atoms with E-state index in [-0.39, 0.29) is 5.91 Å². The highest BCUT2D eigenvalue weighted by Gasteiger charge is 2.09. The van der Waals surface area contributed by atoms with Gasteiger partial charge in [-0.3, -0.25) is 4.79 Å². The molecule has 2 aromatic carbocycles. The molecule has 1 amide bonds. The number of nitrogens with zero attached hydrogens (tertiary/aromatic N) is 1. The second-order valence-electron chi connectivity index (χ2n) is 5.57. The van der Waals surface area contributed by atoms with Crippen LogP contribution in [0.5, 0.6) is 11.5 Å². The van der Waals surface area contributed by atoms with Gasteiger partial charge in [0.2, 0.25) is 5.91 Å². The third-order valence-corrected chi connectivity index (χ3v) is 4.49. The van der Waals surface area contributed by atoms with E-state index in [9.17, 15) is 4.79 Å². The Morgan fingerprint density at radius 3 is 2.42 bits per heavy atom. The minimum atomic E-state index is -0.0928. The molecule has 0 fully saturated rings. The fourth-order valence-corrected chi connectivity index (χ4v) is 3.18. The summed E-state index contributed by atoms with van der Waals surface area (Å²) in [6.45, 7) is 2.57. The fourth-order valence-electron chi connectivity index (χ4n) is 2.44. The summed E-state index contributed by atoms with van der Waals surface area (Å²) in [5, 5.41) is 5.37. The summed E-state index contributed by atoms with van der Waals surface area (Å²) in [7, 11) is 1.63. The van der Waals surface area contributed by atoms with Gasteiger partial charge in [-0.2, -0.15) is 0 Å². The van der Waals surface area contributed by atoms with Gasteiger partial charge in [0.1, 0.15) is 11.5 Å². The Balaban J connectivity index is 1.60. The van der Waals surface area contributed by atoms with Crippen molar-refractivity contribution < 1.29 is 14.3 Å². The molecular weight excluding hydrogens is 348 g/mol. The van der Waals surface area contributed by atoms with Gasteiger partial charge in [0, 0.05) is 10.9 Å². The SMILES string of the molecule is CCOc1ccc(CC(=O)Nc2nc(-c3ccc(OC)cc3)cs2)cc1. The Labute approximate surface area is 156 Å². The van der Waals surface area contributed by atoms with Crippen molar-refractivity contribution in [1.29, 1.82) is 0 Å². The summed E-state index contributed by atoms with van der Waals surface area (Å²) in [5.74, 6) is 1.51. The minimum absolute atomic E-state index is 0.0928. The zero-order valence-electron chi connectivity index (χ0n) is 14.7. The second kappa shape index (κ2) is 8.49. The zero-order chi connectivity index (χ0) is 18.4. The highest BCUT2D eigenvalue weighted by atomic mass is 32.1. The van der Waals surface area contributed by atoms with Gasteiger partial charge in [0.05, 0.1) is 25.8 Å². The van der Waals surface area contributed by atoms with Crippen molar-refractivity contribution in [3.63, 3.8) is 0 Å². The largest absolute Gasteiger partial charge is 0.497 e. The van der Waals surface area contributed by atoms with Gasteiger partial charge in [-0.15, -0.1) is 11.3 Å². The van der Waals surface area contributed by atoms with Crippen LogP contribution in [-0.2, 0) is 11.2 Å². The van der Waals surface area contributed by atoms with Gasteiger partial charge in [-0.05, 0) is 48.9 Å². The third-order valence-electron chi connectivity index (χ3n) is 3.74. The number of ether oxygens (including phenoxy) is 2. The van der Waals surface area contributed by atoms with E-state index in [1.165, 1.54) is 11.3 Å². The predicted molar refractivity (Wildman–Crippen MR) is 104 cm³/mol. The van der Waals surface area contributed by atoms with Gasteiger partial charge in [0.25, 0.3) is 0 Å². The molecule has 0 saturated heterocycles. The van der Waals surface area contributed by atoms with Crippen LogP contribution in [0, 0.1) is 0 Å². The molecule has 134 valence electrons. The van der Waals surface area contributed by atoms with Crippen LogP contribution in [0.4, 0.5) is 5.13 Å². The quantitative estimate of drug-likeness (QED) is 0.671. The number of amides is 1. The van der Waals surface area contributed by atoms with Crippen molar-refractivity contribution in [3.8, 4) is 22.8 Å². The molecule has 3 rings (SSSR count). The number of carbonyl (C=O) groups is 1. The molecule has 0 aliphatic heterocycles. The zero-order valence-corrected chi connectivity index (χ0v) is 15.5. The Morgan fingerprint density at radius 1 is 1.08 bits per heavy atom. The first-order chi connectivity index (χ1) is 12.7. The lowest BCUT2D eigenvalue weighted by Crippen LogP contribution is -2.14. The summed E-state index contributed by atoms with van der Waals surface area (Å²) in [6.07, 6.45) is 0.295. The van der Waals surface area contributed by atoms with Crippen LogP contribution in [0.15, 0.2) is 53.9 Å². The number of carbonyl (C=O) groups excluding carboxylic acids is 1. The van der Waals surface area contributed by atoms with Crippen LogP contribution in [0.3, 0.4) is 0 Å². The van der Waals surface area contributed by atoms with Crippen molar-refractivity contribution in [2.75, 3.05) is 19.0 Å². The van der Waals surface area contributed by atoms with E-state index in [4.69, 9.17) is 9.47 Å². The monoisotopic (exact) mass is 368 g/mol.